The third-order valence-corrected chi connectivity index (χ3v) is 5.91. The minimum Gasteiger partial charge on any atom is -0.322 e. The van der Waals surface area contributed by atoms with Gasteiger partial charge in [0.25, 0.3) is 5.91 Å². The van der Waals surface area contributed by atoms with Crippen LogP contribution in [0.15, 0.2) is 79.0 Å². The molecule has 1 amide bonds. The summed E-state index contributed by atoms with van der Waals surface area (Å²) in [6.45, 7) is 0.652. The summed E-state index contributed by atoms with van der Waals surface area (Å²) in [5.41, 5.74) is 2.45. The molecular formula is C26H21F3N4O. The van der Waals surface area contributed by atoms with Crippen LogP contribution in [0.25, 0.3) is 11.0 Å². The molecule has 0 radical (unpaired) electrons. The summed E-state index contributed by atoms with van der Waals surface area (Å²) < 4.78 is 38.7. The summed E-state index contributed by atoms with van der Waals surface area (Å²) in [5.74, 6) is -0.214. The Labute approximate surface area is 194 Å². The number of pyridine rings is 2. The molecule has 2 aromatic heterocycles. The van der Waals surface area contributed by atoms with E-state index in [1.54, 1.807) is 18.3 Å². The molecule has 8 heteroatoms. The van der Waals surface area contributed by atoms with E-state index in [2.05, 4.69) is 20.6 Å². The molecule has 0 spiro atoms. The van der Waals surface area contributed by atoms with Crippen LogP contribution in [0.1, 0.15) is 39.5 Å². The van der Waals surface area contributed by atoms with E-state index in [1.807, 2.05) is 36.4 Å². The third kappa shape index (κ3) is 4.92. The summed E-state index contributed by atoms with van der Waals surface area (Å²) in [6.07, 6.45) is -1.76. The molecule has 0 saturated heterocycles. The highest BCUT2D eigenvalue weighted by Gasteiger charge is 2.37. The fourth-order valence-electron chi connectivity index (χ4n) is 3.97. The highest BCUT2D eigenvalue weighted by atomic mass is 19.4. The SMILES string of the molecule is O=C(Nc1ccc([C@@H]2C[C@H]2NCc2ccc3cccnc3n2)cc1)c1cccc(C(F)(F)F)c1. The first-order chi connectivity index (χ1) is 16.4. The normalized spacial score (nSPS) is 17.5. The molecule has 0 unspecified atom stereocenters. The number of halogens is 3. The van der Waals surface area contributed by atoms with Gasteiger partial charge in [-0.3, -0.25) is 4.79 Å². The smallest absolute Gasteiger partial charge is 0.322 e. The zero-order valence-corrected chi connectivity index (χ0v) is 18.0. The van der Waals surface area contributed by atoms with E-state index in [-0.39, 0.29) is 5.56 Å². The van der Waals surface area contributed by atoms with E-state index < -0.39 is 17.6 Å². The van der Waals surface area contributed by atoms with Crippen LogP contribution in [-0.2, 0) is 12.7 Å². The first-order valence-electron chi connectivity index (χ1n) is 10.9. The molecule has 1 aliphatic carbocycles. The Morgan fingerprint density at radius 1 is 1.00 bits per heavy atom. The minimum absolute atomic E-state index is 0.0390. The van der Waals surface area contributed by atoms with Gasteiger partial charge in [0.1, 0.15) is 0 Å². The number of benzene rings is 2. The minimum atomic E-state index is -4.49. The van der Waals surface area contributed by atoms with Crippen LogP contribution >= 0.6 is 0 Å². The van der Waals surface area contributed by atoms with Gasteiger partial charge in [0.2, 0.25) is 0 Å². The second-order valence-corrected chi connectivity index (χ2v) is 8.34. The monoisotopic (exact) mass is 462 g/mol. The number of carbonyl (C=O) groups is 1. The largest absolute Gasteiger partial charge is 0.416 e. The summed E-state index contributed by atoms with van der Waals surface area (Å²) in [5, 5.41) is 7.19. The number of aromatic nitrogens is 2. The average molecular weight is 462 g/mol. The summed E-state index contributed by atoms with van der Waals surface area (Å²) in [6, 6.07) is 20.0. The first kappa shape index (κ1) is 22.0. The van der Waals surface area contributed by atoms with Crippen molar-refractivity contribution in [2.24, 2.45) is 0 Å². The summed E-state index contributed by atoms with van der Waals surface area (Å²) >= 11 is 0. The van der Waals surface area contributed by atoms with Gasteiger partial charge in [-0.15, -0.1) is 0 Å². The first-order valence-corrected chi connectivity index (χ1v) is 10.9. The van der Waals surface area contributed by atoms with Crippen LogP contribution in [0.3, 0.4) is 0 Å². The fraction of sp³-hybridized carbons (Fsp3) is 0.192. The Morgan fingerprint density at radius 2 is 1.82 bits per heavy atom. The lowest BCUT2D eigenvalue weighted by molar-refractivity contribution is -0.137. The number of anilines is 1. The number of carbonyl (C=O) groups excluding carboxylic acids is 1. The van der Waals surface area contributed by atoms with E-state index in [0.29, 0.717) is 24.2 Å². The topological polar surface area (TPSA) is 66.9 Å². The maximum Gasteiger partial charge on any atom is 0.416 e. The molecule has 2 aromatic carbocycles. The van der Waals surface area contributed by atoms with Crippen molar-refractivity contribution in [2.45, 2.75) is 31.1 Å². The number of rotatable bonds is 6. The Balaban J connectivity index is 1.16. The molecule has 2 N–H and O–H groups in total. The van der Waals surface area contributed by atoms with Crippen molar-refractivity contribution in [3.8, 4) is 0 Å². The number of nitrogens with one attached hydrogen (secondary N) is 2. The fourth-order valence-corrected chi connectivity index (χ4v) is 3.97. The standard InChI is InChI=1S/C26H21F3N4O/c27-26(28,29)19-5-1-3-18(13-19)25(34)33-20-9-6-16(7-10-20)22-14-23(22)31-15-21-11-8-17-4-2-12-30-24(17)32-21/h1-13,22-23,31H,14-15H2,(H,33,34)/t22-,23+/m0/s1. The zero-order valence-electron chi connectivity index (χ0n) is 18.0. The Morgan fingerprint density at radius 3 is 2.62 bits per heavy atom. The highest BCUT2D eigenvalue weighted by molar-refractivity contribution is 6.04. The van der Waals surface area contributed by atoms with Crippen molar-refractivity contribution in [1.29, 1.82) is 0 Å². The van der Waals surface area contributed by atoms with Crippen molar-refractivity contribution < 1.29 is 18.0 Å². The van der Waals surface area contributed by atoms with Gasteiger partial charge in [-0.1, -0.05) is 18.2 Å². The van der Waals surface area contributed by atoms with E-state index >= 15 is 0 Å². The van der Waals surface area contributed by atoms with Gasteiger partial charge in [0, 0.05) is 41.3 Å². The van der Waals surface area contributed by atoms with Crippen molar-refractivity contribution in [2.75, 3.05) is 5.32 Å². The van der Waals surface area contributed by atoms with Crippen molar-refractivity contribution >= 4 is 22.6 Å². The van der Waals surface area contributed by atoms with Gasteiger partial charge in [0.05, 0.1) is 11.3 Å². The van der Waals surface area contributed by atoms with Crippen molar-refractivity contribution in [3.63, 3.8) is 0 Å². The summed E-state index contributed by atoms with van der Waals surface area (Å²) in [7, 11) is 0. The van der Waals surface area contributed by atoms with Gasteiger partial charge in [-0.05, 0) is 66.6 Å². The van der Waals surface area contributed by atoms with Crippen LogP contribution in [0.4, 0.5) is 18.9 Å². The molecular weight excluding hydrogens is 441 g/mol. The number of nitrogens with zero attached hydrogens (tertiary/aromatic N) is 2. The number of alkyl halides is 3. The molecule has 1 aliphatic rings. The van der Waals surface area contributed by atoms with Gasteiger partial charge in [-0.25, -0.2) is 9.97 Å². The van der Waals surface area contributed by atoms with Crippen LogP contribution in [-0.4, -0.2) is 21.9 Å². The number of hydrogen-bond acceptors (Lipinski definition) is 4. The molecule has 4 aromatic rings. The molecule has 0 bridgehead atoms. The molecule has 2 atom stereocenters. The third-order valence-electron chi connectivity index (χ3n) is 5.91. The Bertz CT molecular complexity index is 1340. The van der Waals surface area contributed by atoms with Gasteiger partial charge >= 0.3 is 6.18 Å². The molecule has 1 fully saturated rings. The molecule has 1 saturated carbocycles. The van der Waals surface area contributed by atoms with Gasteiger partial charge < -0.3 is 10.6 Å². The molecule has 5 rings (SSSR count). The molecule has 0 aliphatic heterocycles. The van der Waals surface area contributed by atoms with Gasteiger partial charge in [-0.2, -0.15) is 13.2 Å². The van der Waals surface area contributed by atoms with E-state index in [0.717, 1.165) is 40.8 Å². The number of fused-ring (bicyclic) bond motifs is 1. The second-order valence-electron chi connectivity index (χ2n) is 8.34. The number of hydrogen-bond donors (Lipinski definition) is 2. The van der Waals surface area contributed by atoms with Crippen LogP contribution in [0.2, 0.25) is 0 Å². The lowest BCUT2D eigenvalue weighted by Gasteiger charge is -2.10. The second kappa shape index (κ2) is 8.87. The maximum atomic E-state index is 12.9. The van der Waals surface area contributed by atoms with Crippen molar-refractivity contribution in [3.05, 3.63) is 101 Å². The highest BCUT2D eigenvalue weighted by Crippen LogP contribution is 2.41. The predicted molar refractivity (Wildman–Crippen MR) is 123 cm³/mol. The molecule has 2 heterocycles. The van der Waals surface area contributed by atoms with Gasteiger partial charge in [0.15, 0.2) is 5.65 Å². The van der Waals surface area contributed by atoms with E-state index in [1.165, 1.54) is 12.1 Å². The molecule has 172 valence electrons. The Kier molecular flexibility index (Phi) is 5.75. The number of amides is 1. The van der Waals surface area contributed by atoms with Crippen molar-refractivity contribution in [1.82, 2.24) is 15.3 Å². The lowest BCUT2D eigenvalue weighted by atomic mass is 10.1. The Hall–Kier alpha value is -3.78. The quantitative estimate of drug-likeness (QED) is 0.395. The molecule has 5 nitrogen and oxygen atoms in total. The van der Waals surface area contributed by atoms with Crippen LogP contribution < -0.4 is 10.6 Å². The average Bonchev–Trinajstić information content (AvgIpc) is 3.62. The predicted octanol–water partition coefficient (Wildman–Crippen LogP) is 5.55. The van der Waals surface area contributed by atoms with E-state index in [4.69, 9.17) is 0 Å². The van der Waals surface area contributed by atoms with E-state index in [9.17, 15) is 18.0 Å². The maximum absolute atomic E-state index is 12.9. The zero-order chi connectivity index (χ0) is 23.7. The summed E-state index contributed by atoms with van der Waals surface area (Å²) in [4.78, 5) is 21.3. The lowest BCUT2D eigenvalue weighted by Crippen LogP contribution is -2.18. The van der Waals surface area contributed by atoms with Crippen LogP contribution in [0.5, 0.6) is 0 Å². The van der Waals surface area contributed by atoms with Crippen LogP contribution in [0, 0.1) is 0 Å². The molecule has 34 heavy (non-hydrogen) atoms.